The zero-order valence-corrected chi connectivity index (χ0v) is 70.8. The Morgan fingerprint density at radius 3 is 1.26 bits per heavy atom. The third-order valence-corrected chi connectivity index (χ3v) is 24.8. The van der Waals surface area contributed by atoms with Gasteiger partial charge in [-0.1, -0.05) is 66.7 Å². The van der Waals surface area contributed by atoms with Crippen LogP contribution in [0.5, 0.6) is 23.0 Å². The summed E-state index contributed by atoms with van der Waals surface area (Å²) in [6, 6.07) is 67.7. The van der Waals surface area contributed by atoms with Crippen molar-refractivity contribution in [2.75, 3.05) is 92.4 Å². The van der Waals surface area contributed by atoms with E-state index in [-0.39, 0.29) is 37.6 Å². The van der Waals surface area contributed by atoms with Gasteiger partial charge in [0.15, 0.2) is 5.60 Å². The SMILES string of the molecule is N#Cc1cc(-c2cccc3[nH]c(-c4ccc(C5(O)COC5)nc4)cc23)ccc1OC1CCOCC1.N#Cc1cc(-c2cccc3[nH]c(-c4cccnc4)cc23)ccc1OC1CCOCC1.N#Cc1cc(-c2cccc3[nH]c(-c4cnn(C5COC5)c4)cc23)ccc1OC1CCOCC1.N#Cc1cc(-c2ccnc3c2C=C(C2=CCNCC2)C3)ccc1OC1CCOCC1. The van der Waals surface area contributed by atoms with E-state index in [0.29, 0.717) is 110 Å². The first-order valence-corrected chi connectivity index (χ1v) is 43.9. The van der Waals surface area contributed by atoms with E-state index in [1.165, 1.54) is 16.7 Å². The van der Waals surface area contributed by atoms with Gasteiger partial charge in [-0.3, -0.25) is 19.6 Å². The largest absolute Gasteiger partial charge is 0.489 e. The highest BCUT2D eigenvalue weighted by atomic mass is 16.5. The topological polar surface area (TPSA) is 324 Å². The molecule has 1 aliphatic carbocycles. The predicted octanol–water partition coefficient (Wildman–Crippen LogP) is 18.6. The molecule has 0 atom stereocenters. The van der Waals surface area contributed by atoms with E-state index in [1.54, 1.807) is 12.4 Å². The van der Waals surface area contributed by atoms with Crippen molar-refractivity contribution in [2.24, 2.45) is 0 Å². The number of benzene rings is 7. The van der Waals surface area contributed by atoms with Crippen molar-refractivity contribution < 1.29 is 52.5 Å². The fourth-order valence-electron chi connectivity index (χ4n) is 17.6. The highest BCUT2D eigenvalue weighted by Gasteiger charge is 2.39. The summed E-state index contributed by atoms with van der Waals surface area (Å²) >= 11 is 0. The van der Waals surface area contributed by atoms with Gasteiger partial charge in [-0.2, -0.15) is 26.1 Å². The maximum atomic E-state index is 10.4. The molecule has 0 unspecified atom stereocenters. The second kappa shape index (κ2) is 38.5. The molecule has 7 aliphatic heterocycles. The first-order valence-electron chi connectivity index (χ1n) is 43.9. The number of pyridine rings is 3. The lowest BCUT2D eigenvalue weighted by atomic mass is 9.96. The van der Waals surface area contributed by atoms with Gasteiger partial charge in [0.2, 0.25) is 0 Å². The Morgan fingerprint density at radius 2 is 0.867 bits per heavy atom. The van der Waals surface area contributed by atoms with Gasteiger partial charge in [-0.15, -0.1) is 0 Å². The normalized spacial score (nSPS) is 17.0. The molecular formula is C104H95N13O11. The van der Waals surface area contributed by atoms with Crippen molar-refractivity contribution in [1.82, 2.24) is 45.0 Å². The minimum atomic E-state index is -0.981. The molecular weight excluding hydrogens is 1610 g/mol. The lowest BCUT2D eigenvalue weighted by Gasteiger charge is -2.35. The number of hydrogen-bond donors (Lipinski definition) is 5. The number of H-pyrrole nitrogens is 3. The van der Waals surface area contributed by atoms with Crippen LogP contribution in [0, 0.1) is 45.3 Å². The number of allylic oxidation sites excluding steroid dienone is 1. The summed E-state index contributed by atoms with van der Waals surface area (Å²) in [5.74, 6) is 2.57. The number of rotatable bonds is 18. The molecule has 0 spiro atoms. The van der Waals surface area contributed by atoms with Crippen molar-refractivity contribution in [3.8, 4) is 126 Å². The molecule has 7 aromatic carbocycles. The third kappa shape index (κ3) is 18.6. The molecule has 6 fully saturated rings. The lowest BCUT2D eigenvalue weighted by molar-refractivity contribution is -0.186. The monoisotopic (exact) mass is 1700 g/mol. The molecule has 7 aromatic heterocycles. The zero-order chi connectivity index (χ0) is 86.7. The minimum Gasteiger partial charge on any atom is -0.489 e. The number of aromatic amines is 3. The summed E-state index contributed by atoms with van der Waals surface area (Å²) in [5.41, 5.74) is 24.3. The van der Waals surface area contributed by atoms with Crippen LogP contribution < -0.4 is 24.3 Å². The molecule has 0 saturated carbocycles. The molecule has 8 aliphatic rings. The molecule has 0 amide bonds. The Morgan fingerprint density at radius 1 is 0.422 bits per heavy atom. The molecule has 24 heteroatoms. The van der Waals surface area contributed by atoms with Gasteiger partial charge in [0.25, 0.3) is 0 Å². The molecule has 24 nitrogen and oxygen atoms in total. The number of ether oxygens (including phenoxy) is 10. The van der Waals surface area contributed by atoms with Gasteiger partial charge in [-0.25, -0.2) is 0 Å². The molecule has 22 rings (SSSR count). The van der Waals surface area contributed by atoms with Crippen LogP contribution >= 0.6 is 0 Å². The Bertz CT molecular complexity index is 6610. The highest BCUT2D eigenvalue weighted by molar-refractivity contribution is 6.01. The zero-order valence-electron chi connectivity index (χ0n) is 70.8. The van der Waals surface area contributed by atoms with Crippen molar-refractivity contribution in [3.63, 3.8) is 0 Å². The quantitative estimate of drug-likeness (QED) is 0.0533. The van der Waals surface area contributed by atoms with Gasteiger partial charge >= 0.3 is 0 Å². The van der Waals surface area contributed by atoms with Crippen molar-refractivity contribution in [1.29, 1.82) is 21.0 Å². The number of nitrogens with zero attached hydrogens (tertiary/aromatic N) is 9. The van der Waals surface area contributed by atoms with Crippen LogP contribution in [0.1, 0.15) is 103 Å². The maximum Gasteiger partial charge on any atom is 0.153 e. The maximum absolute atomic E-state index is 10.4. The van der Waals surface area contributed by atoms with Crippen molar-refractivity contribution >= 4 is 38.8 Å². The second-order valence-corrected chi connectivity index (χ2v) is 33.2. The van der Waals surface area contributed by atoms with Crippen LogP contribution in [0.3, 0.4) is 0 Å². The Hall–Kier alpha value is -13.9. The van der Waals surface area contributed by atoms with Gasteiger partial charge in [0, 0.05) is 167 Å². The van der Waals surface area contributed by atoms with Crippen LogP contribution in [-0.4, -0.2) is 162 Å². The fraction of sp³-hybridized carbons (Fsp3) is 0.288. The van der Waals surface area contributed by atoms with E-state index in [2.05, 4.69) is 138 Å². The first-order chi connectivity index (χ1) is 63.0. The summed E-state index contributed by atoms with van der Waals surface area (Å²) in [7, 11) is 0. The summed E-state index contributed by atoms with van der Waals surface area (Å²) < 4.78 is 58.5. The van der Waals surface area contributed by atoms with Crippen molar-refractivity contribution in [3.05, 3.63) is 270 Å². The molecule has 0 radical (unpaired) electrons. The van der Waals surface area contributed by atoms with E-state index in [1.807, 2.05) is 145 Å². The molecule has 14 aromatic rings. The van der Waals surface area contributed by atoms with Gasteiger partial charge in [0.05, 0.1) is 125 Å². The summed E-state index contributed by atoms with van der Waals surface area (Å²) in [5, 5.41) is 60.6. The van der Waals surface area contributed by atoms with Gasteiger partial charge in [-0.05, 0) is 190 Å². The average molecular weight is 1700 g/mol. The Kier molecular flexibility index (Phi) is 25.2. The Labute approximate surface area is 740 Å². The summed E-state index contributed by atoms with van der Waals surface area (Å²) in [6.07, 6.45) is 24.9. The standard InChI is InChI=1S/C28H25N3O4.C26H24N4O3.C25H21N3O2.C25H25N3O2/c29-14-20-12-18(4-6-26(20)35-21-8-10-33-11-9-21)22-2-1-3-24-23(22)13-25(31-24)19-5-7-27(30-15-19)28(32)16-34-17-28;27-12-18-10-17(4-5-26(18)33-21-6-8-31-9-7-21)22-2-1-3-24-23(22)11-25(29-24)19-13-28-30(14-19)20-15-32-16-20;26-15-19-13-17(6-7-25(19)30-20-8-11-29-12-9-20)21-4-1-5-23-22(21)14-24(28-23)18-3-2-10-27-16-18;26-16-20-13-18(1-2-25(20)30-21-6-11-29-12-7-21)22-5-10-28-24-15-19(14-23(22)24)17-3-8-27-9-4-17/h1-7,12-13,15,21,31-32H,8-11,16-17H2;1-5,10-11,13-14,20-21,29H,6-9,15-16H2;1-7,10,13-14,16,20,28H,8-9,11-12H2;1-3,5,10,13-14,21,27H,4,6-9,11-12,15H2. The molecule has 128 heavy (non-hydrogen) atoms. The number of aromatic nitrogens is 8. The average Bonchev–Trinajstić information content (AvgIpc) is 1.63. The number of fused-ring (bicyclic) bond motifs is 4. The van der Waals surface area contributed by atoms with E-state index < -0.39 is 5.60 Å². The van der Waals surface area contributed by atoms with Crippen LogP contribution in [0.4, 0.5) is 0 Å². The van der Waals surface area contributed by atoms with Crippen LogP contribution in [0.25, 0.3) is 117 Å². The third-order valence-electron chi connectivity index (χ3n) is 24.8. The lowest BCUT2D eigenvalue weighted by Crippen LogP contribution is -2.47. The van der Waals surface area contributed by atoms with E-state index in [4.69, 9.17) is 47.4 Å². The number of nitriles is 4. The molecule has 14 heterocycles. The smallest absolute Gasteiger partial charge is 0.153 e. The van der Waals surface area contributed by atoms with E-state index in [0.717, 1.165) is 207 Å². The van der Waals surface area contributed by atoms with Crippen LogP contribution in [0.2, 0.25) is 0 Å². The molecule has 5 N–H and O–H groups in total. The van der Waals surface area contributed by atoms with E-state index >= 15 is 0 Å². The van der Waals surface area contributed by atoms with E-state index in [9.17, 15) is 26.2 Å². The second-order valence-electron chi connectivity index (χ2n) is 33.2. The number of hydrogen-bond acceptors (Lipinski definition) is 20. The molecule has 6 saturated heterocycles. The molecule has 642 valence electrons. The van der Waals surface area contributed by atoms with Crippen LogP contribution in [0.15, 0.2) is 230 Å². The van der Waals surface area contributed by atoms with Crippen LogP contribution in [-0.2, 0) is 40.4 Å². The van der Waals surface area contributed by atoms with Gasteiger partial charge < -0.3 is 72.7 Å². The Balaban J connectivity index is 0.000000111. The summed E-state index contributed by atoms with van der Waals surface area (Å²) in [6.45, 7) is 9.59. The number of nitrogens with one attached hydrogen (secondary N) is 4. The predicted molar refractivity (Wildman–Crippen MR) is 487 cm³/mol. The molecule has 0 bridgehead atoms. The highest BCUT2D eigenvalue weighted by Crippen LogP contribution is 2.43. The van der Waals surface area contributed by atoms with Gasteiger partial charge in [0.1, 0.15) is 71.7 Å². The van der Waals surface area contributed by atoms with Crippen molar-refractivity contribution in [2.45, 2.75) is 100 Å². The fourth-order valence-corrected chi connectivity index (χ4v) is 17.6. The summed E-state index contributed by atoms with van der Waals surface area (Å²) in [4.78, 5) is 23.8. The minimum absolute atomic E-state index is 0.0786. The first kappa shape index (κ1) is 83.7. The number of aliphatic hydroxyl groups is 1.